The highest BCUT2D eigenvalue weighted by molar-refractivity contribution is 5.34. The predicted molar refractivity (Wildman–Crippen MR) is 75.7 cm³/mol. The minimum absolute atomic E-state index is 0.265. The van der Waals surface area contributed by atoms with E-state index in [0.29, 0.717) is 24.2 Å². The Hall–Kier alpha value is -2.32. The van der Waals surface area contributed by atoms with Crippen molar-refractivity contribution in [1.29, 1.82) is 5.26 Å². The molecule has 2 aromatic rings. The first kappa shape index (κ1) is 13.7. The van der Waals surface area contributed by atoms with E-state index in [4.69, 9.17) is 5.26 Å². The maximum atomic E-state index is 13.9. The highest BCUT2D eigenvalue weighted by atomic mass is 19.1. The summed E-state index contributed by atoms with van der Waals surface area (Å²) in [5.41, 5.74) is 3.24. The highest BCUT2D eigenvalue weighted by Gasteiger charge is 2.19. The molecule has 0 saturated carbocycles. The third-order valence-electron chi connectivity index (χ3n) is 3.71. The lowest BCUT2D eigenvalue weighted by Gasteiger charge is -2.28. The fourth-order valence-electron chi connectivity index (χ4n) is 2.60. The van der Waals surface area contributed by atoms with Crippen molar-refractivity contribution >= 4 is 0 Å². The van der Waals surface area contributed by atoms with E-state index in [0.717, 1.165) is 24.5 Å². The predicted octanol–water partition coefficient (Wildman–Crippen LogP) is 2.35. The quantitative estimate of drug-likeness (QED) is 0.848. The molecule has 3 rings (SSSR count). The monoisotopic (exact) mass is 282 g/mol. The third-order valence-corrected chi connectivity index (χ3v) is 3.71. The molecule has 1 aliphatic heterocycles. The van der Waals surface area contributed by atoms with Crippen LogP contribution >= 0.6 is 0 Å². The van der Waals surface area contributed by atoms with Gasteiger partial charge in [0.25, 0.3) is 0 Å². The second kappa shape index (κ2) is 5.58. The van der Waals surface area contributed by atoms with E-state index in [9.17, 15) is 4.39 Å². The lowest BCUT2D eigenvalue weighted by molar-refractivity contribution is 0.237. The number of fused-ring (bicyclic) bond motifs is 1. The Labute approximate surface area is 122 Å². The van der Waals surface area contributed by atoms with Crippen molar-refractivity contribution < 1.29 is 4.39 Å². The van der Waals surface area contributed by atoms with Crippen molar-refractivity contribution in [2.45, 2.75) is 26.4 Å². The van der Waals surface area contributed by atoms with Gasteiger partial charge in [-0.25, -0.2) is 14.4 Å². The average molecular weight is 282 g/mol. The average Bonchev–Trinajstić information content (AvgIpc) is 2.49. The number of benzene rings is 1. The summed E-state index contributed by atoms with van der Waals surface area (Å²) in [5.74, 6) is 0.493. The molecular formula is C16H15FN4. The van der Waals surface area contributed by atoms with Crippen molar-refractivity contribution in [3.63, 3.8) is 0 Å². The lowest BCUT2D eigenvalue weighted by Crippen LogP contribution is -2.31. The molecule has 106 valence electrons. The molecule has 1 aromatic carbocycles. The van der Waals surface area contributed by atoms with Crippen LogP contribution in [0.15, 0.2) is 24.4 Å². The van der Waals surface area contributed by atoms with Gasteiger partial charge >= 0.3 is 0 Å². The van der Waals surface area contributed by atoms with Gasteiger partial charge in [0.05, 0.1) is 17.3 Å². The Morgan fingerprint density at radius 2 is 2.29 bits per heavy atom. The number of hydrogen-bond acceptors (Lipinski definition) is 4. The molecule has 2 heterocycles. The van der Waals surface area contributed by atoms with Crippen LogP contribution in [0, 0.1) is 24.1 Å². The van der Waals surface area contributed by atoms with Gasteiger partial charge in [-0.1, -0.05) is 0 Å². The summed E-state index contributed by atoms with van der Waals surface area (Å²) in [5, 5.41) is 8.92. The maximum absolute atomic E-state index is 13.9. The van der Waals surface area contributed by atoms with E-state index in [2.05, 4.69) is 14.9 Å². The number of nitrogens with zero attached hydrogens (tertiary/aromatic N) is 4. The fraction of sp³-hybridized carbons (Fsp3) is 0.312. The summed E-state index contributed by atoms with van der Waals surface area (Å²) in [6.45, 7) is 3.89. The smallest absolute Gasteiger partial charge is 0.127 e. The summed E-state index contributed by atoms with van der Waals surface area (Å²) < 4.78 is 13.9. The summed E-state index contributed by atoms with van der Waals surface area (Å²) in [6.07, 6.45) is 2.75. The van der Waals surface area contributed by atoms with Crippen LogP contribution < -0.4 is 0 Å². The second-order valence-corrected chi connectivity index (χ2v) is 5.27. The number of hydrogen-bond donors (Lipinski definition) is 0. The van der Waals surface area contributed by atoms with Crippen LogP contribution in [0.4, 0.5) is 4.39 Å². The van der Waals surface area contributed by atoms with E-state index in [1.165, 1.54) is 17.7 Å². The Kier molecular flexibility index (Phi) is 3.63. The van der Waals surface area contributed by atoms with Crippen molar-refractivity contribution in [2.24, 2.45) is 0 Å². The molecule has 0 bridgehead atoms. The Morgan fingerprint density at radius 3 is 3.10 bits per heavy atom. The molecule has 5 heteroatoms. The van der Waals surface area contributed by atoms with Crippen molar-refractivity contribution in [3.8, 4) is 6.07 Å². The van der Waals surface area contributed by atoms with Crippen LogP contribution in [0.3, 0.4) is 0 Å². The number of halogens is 1. The fourth-order valence-corrected chi connectivity index (χ4v) is 2.60. The summed E-state index contributed by atoms with van der Waals surface area (Å²) >= 11 is 0. The van der Waals surface area contributed by atoms with Crippen LogP contribution in [0.2, 0.25) is 0 Å². The molecule has 0 aliphatic carbocycles. The third kappa shape index (κ3) is 2.91. The van der Waals surface area contributed by atoms with Crippen LogP contribution in [0.1, 0.15) is 28.2 Å². The molecule has 0 spiro atoms. The van der Waals surface area contributed by atoms with Gasteiger partial charge in [0, 0.05) is 31.4 Å². The molecule has 21 heavy (non-hydrogen) atoms. The molecule has 0 amide bonds. The Morgan fingerprint density at radius 1 is 1.43 bits per heavy atom. The number of aryl methyl sites for hydroxylation is 1. The van der Waals surface area contributed by atoms with E-state index in [1.54, 1.807) is 6.07 Å². The topological polar surface area (TPSA) is 52.8 Å². The zero-order valence-electron chi connectivity index (χ0n) is 11.8. The van der Waals surface area contributed by atoms with E-state index in [1.807, 2.05) is 19.2 Å². The standard InChI is InChI=1S/C16H15FN4/c1-11-19-8-13-4-5-21(10-16(13)20-11)9-14-6-12(7-18)2-3-15(14)17/h2-3,6,8H,4-5,9-10H2,1H3. The van der Waals surface area contributed by atoms with E-state index < -0.39 is 0 Å². The lowest BCUT2D eigenvalue weighted by atomic mass is 10.0. The van der Waals surface area contributed by atoms with Crippen molar-refractivity contribution in [3.05, 3.63) is 58.4 Å². The zero-order chi connectivity index (χ0) is 14.8. The van der Waals surface area contributed by atoms with Gasteiger partial charge in [0.15, 0.2) is 0 Å². The molecular weight excluding hydrogens is 267 g/mol. The largest absolute Gasteiger partial charge is 0.293 e. The summed E-state index contributed by atoms with van der Waals surface area (Å²) in [4.78, 5) is 10.8. The van der Waals surface area contributed by atoms with Crippen LogP contribution in [-0.4, -0.2) is 21.4 Å². The summed E-state index contributed by atoms with van der Waals surface area (Å²) in [6, 6.07) is 6.53. The highest BCUT2D eigenvalue weighted by Crippen LogP contribution is 2.20. The van der Waals surface area contributed by atoms with Crippen LogP contribution in [-0.2, 0) is 19.5 Å². The zero-order valence-corrected chi connectivity index (χ0v) is 11.8. The molecule has 0 radical (unpaired) electrons. The molecule has 1 aromatic heterocycles. The van der Waals surface area contributed by atoms with Gasteiger partial charge in [-0.2, -0.15) is 5.26 Å². The number of nitriles is 1. The molecule has 0 fully saturated rings. The van der Waals surface area contributed by atoms with E-state index in [-0.39, 0.29) is 5.82 Å². The molecule has 0 atom stereocenters. The maximum Gasteiger partial charge on any atom is 0.127 e. The summed E-state index contributed by atoms with van der Waals surface area (Å²) in [7, 11) is 0. The van der Waals surface area contributed by atoms with Gasteiger partial charge in [-0.3, -0.25) is 4.90 Å². The Bertz CT molecular complexity index is 721. The molecule has 0 N–H and O–H groups in total. The van der Waals surface area contributed by atoms with Crippen molar-refractivity contribution in [1.82, 2.24) is 14.9 Å². The van der Waals surface area contributed by atoms with Crippen LogP contribution in [0.5, 0.6) is 0 Å². The van der Waals surface area contributed by atoms with Crippen LogP contribution in [0.25, 0.3) is 0 Å². The SMILES string of the molecule is Cc1ncc2c(n1)CN(Cc1cc(C#N)ccc1F)CC2. The number of aromatic nitrogens is 2. The first-order valence-electron chi connectivity index (χ1n) is 6.88. The molecule has 0 unspecified atom stereocenters. The normalized spacial score (nSPS) is 14.5. The van der Waals surface area contributed by atoms with Gasteiger partial charge in [-0.15, -0.1) is 0 Å². The Balaban J connectivity index is 1.80. The molecule has 1 aliphatic rings. The first-order valence-corrected chi connectivity index (χ1v) is 6.88. The minimum atomic E-state index is -0.265. The molecule has 0 saturated heterocycles. The second-order valence-electron chi connectivity index (χ2n) is 5.27. The van der Waals surface area contributed by atoms with E-state index >= 15 is 0 Å². The van der Waals surface area contributed by atoms with Gasteiger partial charge in [0.1, 0.15) is 11.6 Å². The minimum Gasteiger partial charge on any atom is -0.293 e. The first-order chi connectivity index (χ1) is 10.2. The van der Waals surface area contributed by atoms with Gasteiger partial charge in [0.2, 0.25) is 0 Å². The number of rotatable bonds is 2. The van der Waals surface area contributed by atoms with Crippen molar-refractivity contribution in [2.75, 3.05) is 6.54 Å². The van der Waals surface area contributed by atoms with Gasteiger partial charge < -0.3 is 0 Å². The van der Waals surface area contributed by atoms with Gasteiger partial charge in [-0.05, 0) is 37.1 Å². The molecule has 4 nitrogen and oxygen atoms in total.